The second-order valence-corrected chi connectivity index (χ2v) is 2.66. The first-order valence-corrected chi connectivity index (χ1v) is 3.53. The third-order valence-electron chi connectivity index (χ3n) is 1.12. The van der Waals surface area contributed by atoms with E-state index in [1.165, 1.54) is 4.68 Å². The molecule has 2 N–H and O–H groups in total. The van der Waals surface area contributed by atoms with E-state index in [2.05, 4.69) is 15.9 Å². The van der Waals surface area contributed by atoms with Crippen LogP contribution in [0.25, 0.3) is 0 Å². The third kappa shape index (κ3) is 1.39. The second-order valence-electron chi connectivity index (χ2n) is 1.81. The van der Waals surface area contributed by atoms with Crippen molar-refractivity contribution in [1.29, 1.82) is 0 Å². The highest BCUT2D eigenvalue weighted by atomic mass is 79.9. The molecule has 10 heavy (non-hydrogen) atoms. The standard InChI is InChI=1S/C6H8BrN2O/c1-10-6-2-3-9(8)4-5(6)7/h2-4H,8H2,1H3/q+1. The molecule has 0 spiro atoms. The Morgan fingerprint density at radius 1 is 1.70 bits per heavy atom. The van der Waals surface area contributed by atoms with Crippen molar-refractivity contribution in [3.8, 4) is 5.75 Å². The number of aromatic nitrogens is 1. The summed E-state index contributed by atoms with van der Waals surface area (Å²) in [4.78, 5) is 0. The summed E-state index contributed by atoms with van der Waals surface area (Å²) < 4.78 is 7.28. The number of halogens is 1. The van der Waals surface area contributed by atoms with Gasteiger partial charge in [0.05, 0.1) is 7.11 Å². The summed E-state index contributed by atoms with van der Waals surface area (Å²) in [6.07, 6.45) is 3.43. The average molecular weight is 204 g/mol. The third-order valence-corrected chi connectivity index (χ3v) is 1.71. The van der Waals surface area contributed by atoms with E-state index >= 15 is 0 Å². The maximum Gasteiger partial charge on any atom is 0.217 e. The smallest absolute Gasteiger partial charge is 0.217 e. The number of nitrogens with zero attached hydrogens (tertiary/aromatic N) is 1. The van der Waals surface area contributed by atoms with Crippen LogP contribution in [0.2, 0.25) is 0 Å². The molecular formula is C6H8BrN2O+. The predicted octanol–water partition coefficient (Wildman–Crippen LogP) is 0.459. The van der Waals surface area contributed by atoms with Gasteiger partial charge in [0.25, 0.3) is 0 Å². The van der Waals surface area contributed by atoms with Crippen molar-refractivity contribution >= 4 is 15.9 Å². The van der Waals surface area contributed by atoms with Gasteiger partial charge < -0.3 is 4.74 Å². The Bertz CT molecular complexity index is 239. The molecule has 0 aliphatic carbocycles. The molecule has 0 aliphatic heterocycles. The zero-order valence-corrected chi connectivity index (χ0v) is 7.13. The molecule has 0 amide bonds. The molecule has 0 bridgehead atoms. The fourth-order valence-corrected chi connectivity index (χ4v) is 1.17. The van der Waals surface area contributed by atoms with Gasteiger partial charge in [0, 0.05) is 6.07 Å². The summed E-state index contributed by atoms with van der Waals surface area (Å²) in [5.74, 6) is 6.19. The van der Waals surface area contributed by atoms with E-state index in [-0.39, 0.29) is 0 Å². The Labute approximate surface area is 67.5 Å². The Morgan fingerprint density at radius 2 is 2.40 bits per heavy atom. The van der Waals surface area contributed by atoms with Crippen LogP contribution >= 0.6 is 15.9 Å². The molecule has 0 unspecified atom stereocenters. The molecular weight excluding hydrogens is 196 g/mol. The van der Waals surface area contributed by atoms with E-state index in [1.807, 2.05) is 0 Å². The van der Waals surface area contributed by atoms with Crippen LogP contribution in [0.1, 0.15) is 0 Å². The van der Waals surface area contributed by atoms with Crippen molar-refractivity contribution < 1.29 is 9.41 Å². The molecule has 0 radical (unpaired) electrons. The first-order chi connectivity index (χ1) is 4.74. The number of nitrogen functional groups attached to an aromatic ring is 1. The summed E-state index contributed by atoms with van der Waals surface area (Å²) in [5, 5.41) is 0. The van der Waals surface area contributed by atoms with Gasteiger partial charge in [0.2, 0.25) is 12.4 Å². The van der Waals surface area contributed by atoms with Crippen LogP contribution in [0.15, 0.2) is 22.9 Å². The lowest BCUT2D eigenvalue weighted by atomic mass is 10.4. The molecule has 4 heteroatoms. The Morgan fingerprint density at radius 3 is 2.90 bits per heavy atom. The van der Waals surface area contributed by atoms with Crippen LogP contribution in [-0.2, 0) is 0 Å². The number of pyridine rings is 1. The van der Waals surface area contributed by atoms with Gasteiger partial charge in [-0.25, -0.2) is 5.84 Å². The lowest BCUT2D eigenvalue weighted by molar-refractivity contribution is -0.639. The van der Waals surface area contributed by atoms with E-state index in [4.69, 9.17) is 10.6 Å². The molecule has 0 saturated carbocycles. The Balaban J connectivity index is 3.07. The number of hydrogen-bond donors (Lipinski definition) is 1. The van der Waals surface area contributed by atoms with E-state index in [0.717, 1.165) is 10.2 Å². The largest absolute Gasteiger partial charge is 0.495 e. The zero-order valence-electron chi connectivity index (χ0n) is 5.54. The number of methoxy groups -OCH3 is 1. The first-order valence-electron chi connectivity index (χ1n) is 2.74. The molecule has 0 saturated heterocycles. The number of rotatable bonds is 1. The lowest BCUT2D eigenvalue weighted by Gasteiger charge is -1.97. The van der Waals surface area contributed by atoms with Crippen LogP contribution < -0.4 is 15.3 Å². The van der Waals surface area contributed by atoms with Gasteiger partial charge in [-0.15, -0.1) is 0 Å². The molecule has 1 rings (SSSR count). The van der Waals surface area contributed by atoms with Gasteiger partial charge in [-0.2, -0.15) is 0 Å². The molecule has 0 atom stereocenters. The fraction of sp³-hybridized carbons (Fsp3) is 0.167. The van der Waals surface area contributed by atoms with Crippen LogP contribution in [0.5, 0.6) is 5.75 Å². The molecule has 54 valence electrons. The summed E-state index contributed by atoms with van der Waals surface area (Å²) in [6, 6.07) is 1.78. The predicted molar refractivity (Wildman–Crippen MR) is 41.0 cm³/mol. The minimum Gasteiger partial charge on any atom is -0.495 e. The topological polar surface area (TPSA) is 39.1 Å². The van der Waals surface area contributed by atoms with Gasteiger partial charge in [-0.05, 0) is 15.9 Å². The molecule has 1 heterocycles. The monoisotopic (exact) mass is 203 g/mol. The molecule has 1 aromatic rings. The van der Waals surface area contributed by atoms with Crippen LogP contribution in [0.4, 0.5) is 0 Å². The zero-order chi connectivity index (χ0) is 7.56. The fourth-order valence-electron chi connectivity index (χ4n) is 0.636. The summed E-state index contributed by atoms with van der Waals surface area (Å²) in [5.41, 5.74) is 0. The van der Waals surface area contributed by atoms with Crippen molar-refractivity contribution in [2.75, 3.05) is 13.0 Å². The average Bonchev–Trinajstić information content (AvgIpc) is 1.88. The van der Waals surface area contributed by atoms with Crippen LogP contribution in [0.3, 0.4) is 0 Å². The van der Waals surface area contributed by atoms with E-state index < -0.39 is 0 Å². The highest BCUT2D eigenvalue weighted by molar-refractivity contribution is 9.10. The SMILES string of the molecule is COc1cc[n+](N)cc1Br. The van der Waals surface area contributed by atoms with Gasteiger partial charge in [0.1, 0.15) is 10.2 Å². The Hall–Kier alpha value is -0.770. The molecule has 0 fully saturated rings. The second kappa shape index (κ2) is 2.88. The van der Waals surface area contributed by atoms with Crippen LogP contribution in [0, 0.1) is 0 Å². The summed E-state index contributed by atoms with van der Waals surface area (Å²) in [6.45, 7) is 0. The molecule has 0 aromatic carbocycles. The maximum absolute atomic E-state index is 5.41. The highest BCUT2D eigenvalue weighted by Crippen LogP contribution is 2.20. The van der Waals surface area contributed by atoms with E-state index in [9.17, 15) is 0 Å². The van der Waals surface area contributed by atoms with Gasteiger partial charge in [-0.3, -0.25) is 0 Å². The minimum absolute atomic E-state index is 0.779. The quantitative estimate of drug-likeness (QED) is 0.533. The Kier molecular flexibility index (Phi) is 2.11. The normalized spacial score (nSPS) is 9.40. The number of nitrogens with two attached hydrogens (primary N) is 1. The molecule has 1 aromatic heterocycles. The van der Waals surface area contributed by atoms with Crippen molar-refractivity contribution in [2.24, 2.45) is 0 Å². The van der Waals surface area contributed by atoms with Gasteiger partial charge in [0.15, 0.2) is 0 Å². The first kappa shape index (κ1) is 7.34. The van der Waals surface area contributed by atoms with Crippen molar-refractivity contribution in [1.82, 2.24) is 0 Å². The van der Waals surface area contributed by atoms with Crippen molar-refractivity contribution in [3.63, 3.8) is 0 Å². The van der Waals surface area contributed by atoms with E-state index in [1.54, 1.807) is 25.6 Å². The molecule has 3 nitrogen and oxygen atoms in total. The van der Waals surface area contributed by atoms with Gasteiger partial charge in [-0.1, -0.05) is 4.68 Å². The highest BCUT2D eigenvalue weighted by Gasteiger charge is 2.03. The van der Waals surface area contributed by atoms with Crippen molar-refractivity contribution in [2.45, 2.75) is 0 Å². The summed E-state index contributed by atoms with van der Waals surface area (Å²) >= 11 is 3.28. The number of ether oxygens (including phenoxy) is 1. The minimum atomic E-state index is 0.779. The lowest BCUT2D eigenvalue weighted by Crippen LogP contribution is -2.43. The maximum atomic E-state index is 5.41. The van der Waals surface area contributed by atoms with E-state index in [0.29, 0.717) is 0 Å². The summed E-state index contributed by atoms with van der Waals surface area (Å²) in [7, 11) is 1.61. The molecule has 0 aliphatic rings. The van der Waals surface area contributed by atoms with Crippen LogP contribution in [-0.4, -0.2) is 7.11 Å². The van der Waals surface area contributed by atoms with Gasteiger partial charge >= 0.3 is 0 Å². The van der Waals surface area contributed by atoms with Crippen molar-refractivity contribution in [3.05, 3.63) is 22.9 Å². The number of hydrogen-bond acceptors (Lipinski definition) is 2.